The van der Waals surface area contributed by atoms with Gasteiger partial charge in [-0.15, -0.1) is 0 Å². The maximum atomic E-state index is 10.2. The molecule has 1 heterocycles. The van der Waals surface area contributed by atoms with Gasteiger partial charge in [0.2, 0.25) is 0 Å². The third kappa shape index (κ3) is 1.04. The van der Waals surface area contributed by atoms with E-state index in [2.05, 4.69) is 9.47 Å². The summed E-state index contributed by atoms with van der Waals surface area (Å²) in [4.78, 5) is 19.7. The maximum absolute atomic E-state index is 10.2. The van der Waals surface area contributed by atoms with Gasteiger partial charge in [-0.1, -0.05) is 0 Å². The first-order chi connectivity index (χ1) is 3.84. The number of carbonyl (C=O) groups is 2. The fourth-order valence-electron chi connectivity index (χ4n) is 0.308. The predicted molar refractivity (Wildman–Crippen MR) is 21.9 cm³/mol. The highest BCUT2D eigenvalue weighted by Crippen LogP contribution is 2.09. The van der Waals surface area contributed by atoms with Crippen molar-refractivity contribution in [2.24, 2.45) is 0 Å². The lowest BCUT2D eigenvalue weighted by atomic mass is 10.5. The average molecular weight is 116 g/mol. The minimum Gasteiger partial charge on any atom is -0.393 e. The summed E-state index contributed by atoms with van der Waals surface area (Å²) < 4.78 is 8.41. The van der Waals surface area contributed by atoms with Gasteiger partial charge in [-0.05, 0) is 0 Å². The SMILES string of the molecule is O=COC(=O)C1CO1. The molecule has 0 N–H and O–H groups in total. The minimum absolute atomic E-state index is 0.101. The van der Waals surface area contributed by atoms with Gasteiger partial charge in [-0.3, -0.25) is 4.79 Å². The van der Waals surface area contributed by atoms with E-state index < -0.39 is 12.1 Å². The van der Waals surface area contributed by atoms with Crippen LogP contribution in [0.3, 0.4) is 0 Å². The van der Waals surface area contributed by atoms with Crippen LogP contribution in [-0.2, 0) is 19.1 Å². The number of hydrogen-bond donors (Lipinski definition) is 0. The average Bonchev–Trinajstić information content (AvgIpc) is 2.45. The molecule has 0 aromatic carbocycles. The van der Waals surface area contributed by atoms with Gasteiger partial charge in [0.25, 0.3) is 0 Å². The summed E-state index contributed by atoms with van der Waals surface area (Å²) in [7, 11) is 0. The normalized spacial score (nSPS) is 24.2. The highest BCUT2D eigenvalue weighted by molar-refractivity contribution is 5.82. The third-order valence-electron chi connectivity index (χ3n) is 0.760. The Hall–Kier alpha value is -0.900. The number of ether oxygens (including phenoxy) is 2. The molecule has 8 heavy (non-hydrogen) atoms. The molecule has 0 amide bonds. The zero-order valence-corrected chi connectivity index (χ0v) is 3.99. The Labute approximate surface area is 45.4 Å². The Morgan fingerprint density at radius 2 is 2.50 bits per heavy atom. The number of epoxide rings is 1. The van der Waals surface area contributed by atoms with Crippen LogP contribution in [0.2, 0.25) is 0 Å². The third-order valence-corrected chi connectivity index (χ3v) is 0.760. The molecular weight excluding hydrogens is 112 g/mol. The van der Waals surface area contributed by atoms with E-state index in [1.165, 1.54) is 0 Å². The van der Waals surface area contributed by atoms with Crippen LogP contribution in [0.15, 0.2) is 0 Å². The van der Waals surface area contributed by atoms with Gasteiger partial charge in [0, 0.05) is 0 Å². The van der Waals surface area contributed by atoms with Gasteiger partial charge < -0.3 is 9.47 Å². The van der Waals surface area contributed by atoms with Crippen molar-refractivity contribution < 1.29 is 19.1 Å². The van der Waals surface area contributed by atoms with Gasteiger partial charge in [-0.25, -0.2) is 4.79 Å². The lowest BCUT2D eigenvalue weighted by Crippen LogP contribution is -2.09. The van der Waals surface area contributed by atoms with Crippen LogP contribution in [0, 0.1) is 0 Å². The zero-order valence-electron chi connectivity index (χ0n) is 3.99. The van der Waals surface area contributed by atoms with Crippen molar-refractivity contribution in [2.75, 3.05) is 6.61 Å². The van der Waals surface area contributed by atoms with Crippen molar-refractivity contribution in [1.82, 2.24) is 0 Å². The van der Waals surface area contributed by atoms with E-state index in [4.69, 9.17) is 0 Å². The quantitative estimate of drug-likeness (QED) is 0.203. The van der Waals surface area contributed by atoms with Gasteiger partial charge in [0.1, 0.15) is 0 Å². The fraction of sp³-hybridized carbons (Fsp3) is 0.500. The topological polar surface area (TPSA) is 55.9 Å². The zero-order chi connectivity index (χ0) is 5.98. The fourth-order valence-corrected chi connectivity index (χ4v) is 0.308. The molecule has 44 valence electrons. The molecule has 1 atom stereocenters. The molecule has 1 saturated heterocycles. The van der Waals surface area contributed by atoms with Crippen LogP contribution in [0.5, 0.6) is 0 Å². The molecule has 1 aliphatic rings. The van der Waals surface area contributed by atoms with E-state index in [0.29, 0.717) is 6.61 Å². The van der Waals surface area contributed by atoms with E-state index in [9.17, 15) is 9.59 Å². The van der Waals surface area contributed by atoms with Crippen LogP contribution < -0.4 is 0 Å². The summed E-state index contributed by atoms with van der Waals surface area (Å²) in [6.07, 6.45) is -0.472. The maximum Gasteiger partial charge on any atom is 0.345 e. The molecule has 0 bridgehead atoms. The van der Waals surface area contributed by atoms with Crippen molar-refractivity contribution in [3.05, 3.63) is 0 Å². The van der Waals surface area contributed by atoms with Crippen LogP contribution >= 0.6 is 0 Å². The molecule has 4 nitrogen and oxygen atoms in total. The van der Waals surface area contributed by atoms with Gasteiger partial charge in [0.05, 0.1) is 6.61 Å². The number of rotatable bonds is 2. The summed E-state index contributed by atoms with van der Waals surface area (Å²) in [5.74, 6) is -0.597. The Kier molecular flexibility index (Phi) is 1.26. The van der Waals surface area contributed by atoms with Crippen LogP contribution in [0.1, 0.15) is 0 Å². The number of esters is 1. The van der Waals surface area contributed by atoms with Crippen LogP contribution in [-0.4, -0.2) is 25.2 Å². The first kappa shape index (κ1) is 5.24. The van der Waals surface area contributed by atoms with Crippen molar-refractivity contribution in [3.63, 3.8) is 0 Å². The molecule has 0 aromatic rings. The molecule has 1 fully saturated rings. The van der Waals surface area contributed by atoms with E-state index >= 15 is 0 Å². The van der Waals surface area contributed by atoms with Crippen molar-refractivity contribution in [1.29, 1.82) is 0 Å². The van der Waals surface area contributed by atoms with Crippen molar-refractivity contribution in [2.45, 2.75) is 6.10 Å². The lowest BCUT2D eigenvalue weighted by Gasteiger charge is -1.85. The summed E-state index contributed by atoms with van der Waals surface area (Å²) >= 11 is 0. The molecule has 0 saturated carbocycles. The molecule has 1 unspecified atom stereocenters. The Morgan fingerprint density at radius 1 is 1.88 bits per heavy atom. The summed E-state index contributed by atoms with van der Waals surface area (Å²) in [5, 5.41) is 0. The van der Waals surface area contributed by atoms with Gasteiger partial charge in [0.15, 0.2) is 6.10 Å². The summed E-state index contributed by atoms with van der Waals surface area (Å²) in [6.45, 7) is 0.483. The smallest absolute Gasteiger partial charge is 0.345 e. The molecular formula is C4H4O4. The number of hydrogen-bond acceptors (Lipinski definition) is 4. The molecule has 0 spiro atoms. The predicted octanol–water partition coefficient (Wildman–Crippen LogP) is -0.915. The molecule has 1 aliphatic heterocycles. The minimum atomic E-state index is -0.597. The van der Waals surface area contributed by atoms with E-state index in [-0.39, 0.29) is 6.47 Å². The first-order valence-corrected chi connectivity index (χ1v) is 2.10. The van der Waals surface area contributed by atoms with Gasteiger partial charge >= 0.3 is 12.4 Å². The lowest BCUT2D eigenvalue weighted by molar-refractivity contribution is -0.152. The van der Waals surface area contributed by atoms with Crippen molar-refractivity contribution in [3.8, 4) is 0 Å². The van der Waals surface area contributed by atoms with E-state index in [1.807, 2.05) is 0 Å². The highest BCUT2D eigenvalue weighted by atomic mass is 16.6. The second-order valence-electron chi connectivity index (χ2n) is 1.36. The van der Waals surface area contributed by atoms with Crippen LogP contribution in [0.25, 0.3) is 0 Å². The Morgan fingerprint density at radius 3 is 2.88 bits per heavy atom. The second kappa shape index (κ2) is 1.92. The Balaban J connectivity index is 2.22. The first-order valence-electron chi connectivity index (χ1n) is 2.10. The summed E-state index contributed by atoms with van der Waals surface area (Å²) in [5.41, 5.74) is 0. The summed E-state index contributed by atoms with van der Waals surface area (Å²) in [6, 6.07) is 0. The largest absolute Gasteiger partial charge is 0.393 e. The van der Waals surface area contributed by atoms with E-state index in [1.54, 1.807) is 0 Å². The molecule has 0 aromatic heterocycles. The highest BCUT2D eigenvalue weighted by Gasteiger charge is 2.32. The molecule has 0 radical (unpaired) electrons. The second-order valence-corrected chi connectivity index (χ2v) is 1.36. The van der Waals surface area contributed by atoms with Crippen LogP contribution in [0.4, 0.5) is 0 Å². The number of carbonyl (C=O) groups excluding carboxylic acids is 2. The monoisotopic (exact) mass is 116 g/mol. The van der Waals surface area contributed by atoms with Crippen molar-refractivity contribution >= 4 is 12.4 Å². The molecule has 0 aliphatic carbocycles. The molecule has 1 rings (SSSR count). The molecule has 4 heteroatoms. The van der Waals surface area contributed by atoms with E-state index in [0.717, 1.165) is 0 Å². The van der Waals surface area contributed by atoms with Gasteiger partial charge in [-0.2, -0.15) is 0 Å². The standard InChI is InChI=1S/C4H4O4/c5-2-8-4(6)3-1-7-3/h2-3H,1H2. The Bertz CT molecular complexity index is 115.